The Morgan fingerprint density at radius 3 is 2.26 bits per heavy atom. The van der Waals surface area contributed by atoms with Crippen molar-refractivity contribution in [3.63, 3.8) is 0 Å². The molecule has 35 heavy (non-hydrogen) atoms. The van der Waals surface area contributed by atoms with Gasteiger partial charge in [-0.1, -0.05) is 48.5 Å². The van der Waals surface area contributed by atoms with Gasteiger partial charge in [-0.05, 0) is 40.8 Å². The van der Waals surface area contributed by atoms with Gasteiger partial charge in [0.2, 0.25) is 5.91 Å². The van der Waals surface area contributed by atoms with Gasteiger partial charge in [0.25, 0.3) is 0 Å². The Morgan fingerprint density at radius 2 is 1.69 bits per heavy atom. The topological polar surface area (TPSA) is 62.2 Å². The third kappa shape index (κ3) is 4.28. The lowest BCUT2D eigenvalue weighted by atomic mass is 9.93. The molecule has 0 spiro atoms. The summed E-state index contributed by atoms with van der Waals surface area (Å²) < 4.78 is 11.1. The monoisotopic (exact) mass is 472 g/mol. The van der Waals surface area contributed by atoms with Crippen molar-refractivity contribution in [3.8, 4) is 22.6 Å². The minimum absolute atomic E-state index is 0.0463. The van der Waals surface area contributed by atoms with Crippen molar-refractivity contribution in [3.05, 3.63) is 83.4 Å². The number of amides is 1. The van der Waals surface area contributed by atoms with Gasteiger partial charge in [-0.2, -0.15) is 0 Å². The number of hydrogen-bond acceptors (Lipinski definition) is 5. The maximum absolute atomic E-state index is 14.2. The Labute approximate surface area is 206 Å². The van der Waals surface area contributed by atoms with Crippen LogP contribution >= 0.6 is 0 Å². The molecule has 1 aliphatic carbocycles. The summed E-state index contributed by atoms with van der Waals surface area (Å²) in [6, 6.07) is 21.9. The van der Waals surface area contributed by atoms with Gasteiger partial charge in [-0.25, -0.2) is 0 Å². The van der Waals surface area contributed by atoms with Crippen LogP contribution in [0.4, 0.5) is 0 Å². The maximum Gasteiger partial charge on any atom is 0.234 e. The summed E-state index contributed by atoms with van der Waals surface area (Å²) in [7, 11) is 5.15. The van der Waals surface area contributed by atoms with Crippen LogP contribution < -0.4 is 9.47 Å². The Balaban J connectivity index is 1.54. The van der Waals surface area contributed by atoms with Crippen molar-refractivity contribution in [2.45, 2.75) is 24.5 Å². The van der Waals surface area contributed by atoms with E-state index in [0.29, 0.717) is 24.6 Å². The lowest BCUT2D eigenvalue weighted by Gasteiger charge is -2.34. The molecule has 1 N–H and O–H groups in total. The average Bonchev–Trinajstić information content (AvgIpc) is 3.46. The van der Waals surface area contributed by atoms with E-state index in [9.17, 15) is 9.90 Å². The van der Waals surface area contributed by atoms with E-state index < -0.39 is 0 Å². The first-order valence-electron chi connectivity index (χ1n) is 12.1. The van der Waals surface area contributed by atoms with Gasteiger partial charge in [0.05, 0.1) is 32.3 Å². The molecule has 0 radical (unpaired) electrons. The Kier molecular flexibility index (Phi) is 6.50. The van der Waals surface area contributed by atoms with Gasteiger partial charge in [-0.15, -0.1) is 0 Å². The highest BCUT2D eigenvalue weighted by molar-refractivity contribution is 5.96. The summed E-state index contributed by atoms with van der Waals surface area (Å²) in [6.07, 6.45) is 0.413. The van der Waals surface area contributed by atoms with Crippen molar-refractivity contribution < 1.29 is 19.4 Å². The molecule has 0 saturated carbocycles. The zero-order chi connectivity index (χ0) is 24.5. The van der Waals surface area contributed by atoms with Crippen molar-refractivity contribution >= 4 is 5.91 Å². The number of methoxy groups -OCH3 is 2. The van der Waals surface area contributed by atoms with E-state index in [2.05, 4.69) is 29.2 Å². The number of carbonyl (C=O) groups is 1. The van der Waals surface area contributed by atoms with Crippen molar-refractivity contribution in [1.82, 2.24) is 9.80 Å². The molecule has 0 aromatic heterocycles. The minimum Gasteiger partial charge on any atom is -0.497 e. The maximum atomic E-state index is 14.2. The number of ether oxygens (including phenoxy) is 2. The van der Waals surface area contributed by atoms with Crippen LogP contribution in [0.1, 0.15) is 35.1 Å². The summed E-state index contributed by atoms with van der Waals surface area (Å²) in [5, 5.41) is 10.1. The van der Waals surface area contributed by atoms with E-state index >= 15 is 0 Å². The van der Waals surface area contributed by atoms with E-state index in [1.807, 2.05) is 54.4 Å². The molecule has 6 nitrogen and oxygen atoms in total. The zero-order valence-corrected chi connectivity index (χ0v) is 20.5. The number of aliphatic hydroxyl groups is 1. The molecule has 1 fully saturated rings. The van der Waals surface area contributed by atoms with Gasteiger partial charge in [0, 0.05) is 38.3 Å². The summed E-state index contributed by atoms with van der Waals surface area (Å²) in [6.45, 7) is 2.01. The summed E-state index contributed by atoms with van der Waals surface area (Å²) in [5.41, 5.74) is 5.25. The van der Waals surface area contributed by atoms with E-state index in [0.717, 1.165) is 40.8 Å². The molecule has 1 saturated heterocycles. The van der Waals surface area contributed by atoms with Crippen LogP contribution in [0.5, 0.6) is 11.5 Å². The molecule has 5 rings (SSSR count). The molecular weight excluding hydrogens is 440 g/mol. The molecule has 1 amide bonds. The SMILES string of the molecule is COc1ccc([C@@H](CN2CC[C@H](O)C2)N(C)C(=O)C2c3ccccc3-c3ccccc32)c(OC)c1. The van der Waals surface area contributed by atoms with Gasteiger partial charge < -0.3 is 19.5 Å². The van der Waals surface area contributed by atoms with Crippen LogP contribution in [-0.4, -0.2) is 67.8 Å². The average molecular weight is 473 g/mol. The number of rotatable bonds is 7. The van der Waals surface area contributed by atoms with Crippen molar-refractivity contribution in [2.24, 2.45) is 0 Å². The van der Waals surface area contributed by atoms with Crippen LogP contribution in [0.25, 0.3) is 11.1 Å². The smallest absolute Gasteiger partial charge is 0.234 e. The first-order chi connectivity index (χ1) is 17.0. The molecule has 1 aliphatic heterocycles. The quantitative estimate of drug-likeness (QED) is 0.562. The zero-order valence-electron chi connectivity index (χ0n) is 20.5. The highest BCUT2D eigenvalue weighted by Crippen LogP contribution is 2.46. The summed E-state index contributed by atoms with van der Waals surface area (Å²) in [4.78, 5) is 18.3. The Bertz CT molecular complexity index is 1180. The number of carbonyl (C=O) groups excluding carboxylic acids is 1. The number of fused-ring (bicyclic) bond motifs is 3. The lowest BCUT2D eigenvalue weighted by molar-refractivity contribution is -0.133. The second-order valence-electron chi connectivity index (χ2n) is 9.38. The predicted molar refractivity (Wildman–Crippen MR) is 136 cm³/mol. The number of likely N-dealkylation sites (tertiary alicyclic amines) is 1. The van der Waals surface area contributed by atoms with E-state index in [-0.39, 0.29) is 24.0 Å². The first-order valence-corrected chi connectivity index (χ1v) is 12.1. The molecule has 2 atom stereocenters. The van der Waals surface area contributed by atoms with Crippen LogP contribution in [-0.2, 0) is 4.79 Å². The van der Waals surface area contributed by atoms with E-state index in [4.69, 9.17) is 9.47 Å². The highest BCUT2D eigenvalue weighted by atomic mass is 16.5. The molecule has 0 bridgehead atoms. The largest absolute Gasteiger partial charge is 0.497 e. The molecule has 3 aromatic carbocycles. The van der Waals surface area contributed by atoms with Gasteiger partial charge in [0.1, 0.15) is 11.5 Å². The molecule has 3 aromatic rings. The molecule has 182 valence electrons. The molecule has 2 aliphatic rings. The van der Waals surface area contributed by atoms with Crippen LogP contribution in [0.3, 0.4) is 0 Å². The van der Waals surface area contributed by atoms with Crippen molar-refractivity contribution in [2.75, 3.05) is 40.9 Å². The summed E-state index contributed by atoms with van der Waals surface area (Å²) in [5.74, 6) is 1.07. The van der Waals surface area contributed by atoms with Crippen LogP contribution in [0, 0.1) is 0 Å². The third-order valence-corrected chi connectivity index (χ3v) is 7.37. The minimum atomic E-state index is -0.358. The molecular formula is C29H32N2O4. The number of β-amino-alcohol motifs (C(OH)–C–C–N with tert-alkyl or cyclic N) is 1. The van der Waals surface area contributed by atoms with Crippen LogP contribution in [0.2, 0.25) is 0 Å². The predicted octanol–water partition coefficient (Wildman–Crippen LogP) is 4.08. The summed E-state index contributed by atoms with van der Waals surface area (Å²) >= 11 is 0. The normalized spacial score (nSPS) is 18.1. The highest BCUT2D eigenvalue weighted by Gasteiger charge is 2.38. The fourth-order valence-electron chi connectivity index (χ4n) is 5.52. The number of nitrogens with zero attached hydrogens (tertiary/aromatic N) is 2. The fourth-order valence-corrected chi connectivity index (χ4v) is 5.52. The first kappa shape index (κ1) is 23.4. The number of hydrogen-bond donors (Lipinski definition) is 1. The third-order valence-electron chi connectivity index (χ3n) is 7.37. The number of benzene rings is 3. The van der Waals surface area contributed by atoms with Gasteiger partial charge in [-0.3, -0.25) is 9.69 Å². The van der Waals surface area contributed by atoms with Gasteiger partial charge in [0.15, 0.2) is 0 Å². The van der Waals surface area contributed by atoms with Crippen LogP contribution in [0.15, 0.2) is 66.7 Å². The second kappa shape index (κ2) is 9.72. The fraction of sp³-hybridized carbons (Fsp3) is 0.345. The standard InChI is InChI=1S/C29H32N2O4/c1-30(29(33)28-23-10-6-4-8-21(23)22-9-5-7-11-24(22)28)26(18-31-15-14-19(32)17-31)25-13-12-20(34-2)16-27(25)35-3/h4-13,16,19,26,28,32H,14-15,17-18H2,1-3H3/t19-,26+/m0/s1. The number of likely N-dealkylation sites (N-methyl/N-ethyl adjacent to an activating group) is 1. The van der Waals surface area contributed by atoms with E-state index in [1.165, 1.54) is 0 Å². The molecule has 0 unspecified atom stereocenters. The van der Waals surface area contributed by atoms with E-state index in [1.54, 1.807) is 14.2 Å². The number of aliphatic hydroxyl groups excluding tert-OH is 1. The molecule has 6 heteroatoms. The lowest BCUT2D eigenvalue weighted by Crippen LogP contribution is -2.41. The molecule has 1 heterocycles. The Hall–Kier alpha value is -3.35. The van der Waals surface area contributed by atoms with Gasteiger partial charge >= 0.3 is 0 Å². The van der Waals surface area contributed by atoms with Crippen molar-refractivity contribution in [1.29, 1.82) is 0 Å². The second-order valence-corrected chi connectivity index (χ2v) is 9.38. The Morgan fingerprint density at radius 1 is 1.03 bits per heavy atom.